The van der Waals surface area contributed by atoms with Crippen LogP contribution in [0.3, 0.4) is 0 Å². The Kier molecular flexibility index (Phi) is 1.65. The molecule has 2 rings (SSSR count). The van der Waals surface area contributed by atoms with Gasteiger partial charge in [0.25, 0.3) is 0 Å². The van der Waals surface area contributed by atoms with Crippen LogP contribution in [0.25, 0.3) is 5.52 Å². The summed E-state index contributed by atoms with van der Waals surface area (Å²) in [5.74, 6) is 0. The van der Waals surface area contributed by atoms with Gasteiger partial charge in [-0.3, -0.25) is 0 Å². The summed E-state index contributed by atoms with van der Waals surface area (Å²) in [6.45, 7) is 6.66. The Morgan fingerprint density at radius 2 is 1.92 bits per heavy atom. The molecule has 2 aromatic heterocycles. The van der Waals surface area contributed by atoms with Crippen LogP contribution in [0, 0.1) is 0 Å². The minimum atomic E-state index is 0.215. The molecule has 0 amide bonds. The molecule has 0 aliphatic rings. The van der Waals surface area contributed by atoms with Crippen LogP contribution in [0.5, 0.6) is 0 Å². The molecule has 0 radical (unpaired) electrons. The molecule has 0 unspecified atom stereocenters. The second-order valence-corrected chi connectivity index (χ2v) is 4.43. The highest BCUT2D eigenvalue weighted by Gasteiger charge is 2.17. The molecular weight excluding hydrogens is 160 g/mol. The molecule has 2 nitrogen and oxygen atoms in total. The normalized spacial score (nSPS) is 12.2. The summed E-state index contributed by atoms with van der Waals surface area (Å²) in [5, 5.41) is 3.15. The van der Waals surface area contributed by atoms with E-state index in [-0.39, 0.29) is 5.41 Å². The monoisotopic (exact) mass is 175 g/mol. The average molecular weight is 175 g/mol. The summed E-state index contributed by atoms with van der Waals surface area (Å²) in [4.78, 5) is 0. The van der Waals surface area contributed by atoms with E-state index in [9.17, 15) is 0 Å². The summed E-state index contributed by atoms with van der Waals surface area (Å²) >= 11 is 0. The summed E-state index contributed by atoms with van der Waals surface area (Å²) in [7, 11) is 0. The zero-order valence-electron chi connectivity index (χ0n) is 8.33. The van der Waals surface area contributed by atoms with Crippen LogP contribution in [-0.2, 0) is 5.41 Å². The van der Waals surface area contributed by atoms with E-state index in [2.05, 4.69) is 50.3 Å². The fourth-order valence-corrected chi connectivity index (χ4v) is 1.41. The summed E-state index contributed by atoms with van der Waals surface area (Å²) in [5.41, 5.74) is 2.76. The first-order chi connectivity index (χ1) is 6.07. The van der Waals surface area contributed by atoms with Crippen molar-refractivity contribution < 1.29 is 4.52 Å². The van der Waals surface area contributed by atoms with Gasteiger partial charge < -0.3 is 0 Å². The first-order valence-corrected chi connectivity index (χ1v) is 4.57. The van der Waals surface area contributed by atoms with Gasteiger partial charge in [-0.1, -0.05) is 25.3 Å². The molecule has 0 aliphatic carbocycles. The third-order valence-corrected chi connectivity index (χ3v) is 2.31. The highest BCUT2D eigenvalue weighted by atomic mass is 15.2. The van der Waals surface area contributed by atoms with E-state index >= 15 is 0 Å². The van der Waals surface area contributed by atoms with Crippen molar-refractivity contribution in [1.82, 2.24) is 5.10 Å². The summed E-state index contributed by atoms with van der Waals surface area (Å²) in [6, 6.07) is 6.38. The van der Waals surface area contributed by atoms with Crippen LogP contribution in [0.1, 0.15) is 26.3 Å². The Bertz CT molecular complexity index is 421. The lowest BCUT2D eigenvalue weighted by Crippen LogP contribution is -2.25. The third kappa shape index (κ3) is 1.44. The van der Waals surface area contributed by atoms with Crippen LogP contribution in [0.15, 0.2) is 30.6 Å². The minimum absolute atomic E-state index is 0.215. The third-order valence-electron chi connectivity index (χ3n) is 2.31. The van der Waals surface area contributed by atoms with E-state index < -0.39 is 0 Å². The van der Waals surface area contributed by atoms with E-state index in [1.54, 1.807) is 0 Å². The van der Waals surface area contributed by atoms with Crippen molar-refractivity contribution in [3.63, 3.8) is 0 Å². The first kappa shape index (κ1) is 8.30. The Labute approximate surface area is 78.2 Å². The van der Waals surface area contributed by atoms with Gasteiger partial charge in [-0.2, -0.15) is 5.10 Å². The zero-order valence-corrected chi connectivity index (χ0v) is 8.33. The van der Waals surface area contributed by atoms with Gasteiger partial charge >= 0.3 is 0 Å². The molecule has 0 saturated heterocycles. The van der Waals surface area contributed by atoms with Crippen molar-refractivity contribution in [2.24, 2.45) is 0 Å². The van der Waals surface area contributed by atoms with Gasteiger partial charge in [0.1, 0.15) is 0 Å². The van der Waals surface area contributed by atoms with Crippen molar-refractivity contribution in [2.75, 3.05) is 0 Å². The van der Waals surface area contributed by atoms with Crippen LogP contribution in [0.4, 0.5) is 0 Å². The number of aromatic amines is 1. The lowest BCUT2D eigenvalue weighted by Gasteiger charge is -2.15. The summed E-state index contributed by atoms with van der Waals surface area (Å²) < 4.78 is 2.04. The Balaban J connectivity index is 2.61. The number of hydrogen-bond acceptors (Lipinski definition) is 0. The second-order valence-electron chi connectivity index (χ2n) is 4.43. The predicted octanol–water partition coefficient (Wildman–Crippen LogP) is 2.05. The minimum Gasteiger partial charge on any atom is -0.167 e. The topological polar surface area (TPSA) is 19.9 Å². The van der Waals surface area contributed by atoms with E-state index in [0.717, 1.165) is 0 Å². The average Bonchev–Trinajstić information content (AvgIpc) is 2.47. The number of nitrogens with one attached hydrogen (secondary N) is 1. The van der Waals surface area contributed by atoms with Gasteiger partial charge in [0.05, 0.1) is 6.20 Å². The van der Waals surface area contributed by atoms with E-state index in [0.29, 0.717) is 0 Å². The Hall–Kier alpha value is -1.31. The van der Waals surface area contributed by atoms with Crippen molar-refractivity contribution in [2.45, 2.75) is 26.2 Å². The number of rotatable bonds is 0. The van der Waals surface area contributed by atoms with E-state index in [1.165, 1.54) is 11.1 Å². The van der Waals surface area contributed by atoms with Gasteiger partial charge in [-0.15, -0.1) is 0 Å². The smallest absolute Gasteiger partial charge is 0.167 e. The van der Waals surface area contributed by atoms with E-state index in [4.69, 9.17) is 0 Å². The van der Waals surface area contributed by atoms with Crippen molar-refractivity contribution >= 4 is 5.52 Å². The quantitative estimate of drug-likeness (QED) is 0.591. The molecule has 0 fully saturated rings. The van der Waals surface area contributed by atoms with Gasteiger partial charge in [0.15, 0.2) is 0 Å². The molecule has 2 heterocycles. The maximum Gasteiger partial charge on any atom is 0.237 e. The van der Waals surface area contributed by atoms with Gasteiger partial charge in [-0.05, 0) is 11.5 Å². The molecule has 0 bridgehead atoms. The standard InChI is InChI=1S/C11H14N2/c1-11(2,3)9-4-5-10-6-7-12-13(10)8-9/h4-8H,1-3H3/p+1. The largest absolute Gasteiger partial charge is 0.237 e. The maximum absolute atomic E-state index is 3.15. The molecule has 0 atom stereocenters. The Morgan fingerprint density at radius 1 is 1.15 bits per heavy atom. The highest BCUT2D eigenvalue weighted by Crippen LogP contribution is 2.20. The molecule has 13 heavy (non-hydrogen) atoms. The number of pyridine rings is 1. The van der Waals surface area contributed by atoms with Crippen molar-refractivity contribution in [3.8, 4) is 0 Å². The second kappa shape index (κ2) is 2.59. The van der Waals surface area contributed by atoms with Gasteiger partial charge in [-0.25, -0.2) is 0 Å². The van der Waals surface area contributed by atoms with Crippen LogP contribution in [-0.4, -0.2) is 5.10 Å². The van der Waals surface area contributed by atoms with Crippen LogP contribution in [0.2, 0.25) is 0 Å². The lowest BCUT2D eigenvalue weighted by atomic mass is 9.88. The molecule has 0 spiro atoms. The molecule has 1 N–H and O–H groups in total. The molecular formula is C11H15N2+. The number of nitrogens with zero attached hydrogens (tertiary/aromatic N) is 1. The van der Waals surface area contributed by atoms with Gasteiger partial charge in [0, 0.05) is 17.7 Å². The SMILES string of the molecule is CC(C)(C)c1ccc2cc[nH][n+]2c1. The van der Waals surface area contributed by atoms with Gasteiger partial charge in [0.2, 0.25) is 11.7 Å². The molecule has 2 aromatic rings. The molecule has 2 heteroatoms. The van der Waals surface area contributed by atoms with Crippen LogP contribution >= 0.6 is 0 Å². The Morgan fingerprint density at radius 3 is 2.62 bits per heavy atom. The molecule has 0 aromatic carbocycles. The fourth-order valence-electron chi connectivity index (χ4n) is 1.41. The maximum atomic E-state index is 3.15. The molecule has 0 aliphatic heterocycles. The highest BCUT2D eigenvalue weighted by molar-refractivity contribution is 5.38. The van der Waals surface area contributed by atoms with Crippen molar-refractivity contribution in [1.29, 1.82) is 0 Å². The fraction of sp³-hybridized carbons (Fsp3) is 0.364. The van der Waals surface area contributed by atoms with E-state index in [1.807, 2.05) is 10.7 Å². The number of hydrogen-bond donors (Lipinski definition) is 1. The van der Waals surface area contributed by atoms with Crippen LogP contribution < -0.4 is 4.52 Å². The number of aromatic nitrogens is 2. The number of fused-ring (bicyclic) bond motifs is 1. The first-order valence-electron chi connectivity index (χ1n) is 4.57. The molecule has 68 valence electrons. The predicted molar refractivity (Wildman–Crippen MR) is 52.7 cm³/mol. The molecule has 0 saturated carbocycles. The lowest BCUT2D eigenvalue weighted by molar-refractivity contribution is -0.577. The zero-order chi connectivity index (χ0) is 9.47. The number of H-pyrrole nitrogens is 1. The van der Waals surface area contributed by atoms with Crippen molar-refractivity contribution in [3.05, 3.63) is 36.2 Å². The summed E-state index contributed by atoms with van der Waals surface area (Å²) in [6.07, 6.45) is 4.09.